The van der Waals surface area contributed by atoms with Crippen LogP contribution in [0.15, 0.2) is 12.2 Å². The first-order valence-electron chi connectivity index (χ1n) is 9.08. The summed E-state index contributed by atoms with van der Waals surface area (Å²) in [6.45, 7) is 19.4. The van der Waals surface area contributed by atoms with E-state index in [0.29, 0.717) is 16.8 Å². The van der Waals surface area contributed by atoms with Crippen molar-refractivity contribution in [2.24, 2.45) is 0 Å². The molecule has 2 unspecified atom stereocenters. The van der Waals surface area contributed by atoms with Gasteiger partial charge in [0.15, 0.2) is 22.0 Å². The number of hydrogen-bond donors (Lipinski definition) is 2. The van der Waals surface area contributed by atoms with Gasteiger partial charge in [-0.3, -0.25) is 0 Å². The van der Waals surface area contributed by atoms with Crippen molar-refractivity contribution in [2.75, 3.05) is 20.3 Å². The normalized spacial score (nSPS) is 16.7. The van der Waals surface area contributed by atoms with Crippen LogP contribution >= 0.6 is 0 Å². The Morgan fingerprint density at radius 2 is 1.52 bits per heavy atom. The second-order valence-corrected chi connectivity index (χ2v) is 18.6. The van der Waals surface area contributed by atoms with Gasteiger partial charge in [0.25, 0.3) is 0 Å². The van der Waals surface area contributed by atoms with Gasteiger partial charge in [-0.2, -0.15) is 0 Å². The molecular weight excluding hydrogens is 400 g/mol. The summed E-state index contributed by atoms with van der Waals surface area (Å²) in [4.78, 5) is 9.60. The highest BCUT2D eigenvalue weighted by Crippen LogP contribution is 2.35. The van der Waals surface area contributed by atoms with Gasteiger partial charge in [0.05, 0.1) is 10.2 Å². The number of methoxy groups -OCH3 is 1. The maximum absolute atomic E-state index is 10.0. The van der Waals surface area contributed by atoms with Crippen molar-refractivity contribution in [1.29, 1.82) is 0 Å². The molecule has 0 aliphatic rings. The third-order valence-electron chi connectivity index (χ3n) is 3.15. The second kappa shape index (κ2) is 11.6. The number of aliphatic hydroxyl groups excluding tert-OH is 1. The largest absolute Gasteiger partial charge is 0.478 e. The van der Waals surface area contributed by atoms with Gasteiger partial charge in [-0.25, -0.2) is 4.79 Å². The molecule has 27 heavy (non-hydrogen) atoms. The fraction of sp³-hybridized carbons (Fsp3) is 0.824. The number of carboxylic acid groups (broad SMARTS) is 1. The number of aliphatic hydroxyl groups is 1. The van der Waals surface area contributed by atoms with Crippen molar-refractivity contribution >= 4 is 32.8 Å². The Labute approximate surface area is 169 Å². The summed E-state index contributed by atoms with van der Waals surface area (Å²) in [6.07, 6.45) is 0.872. The first kappa shape index (κ1) is 28.9. The number of rotatable bonds is 11. The summed E-state index contributed by atoms with van der Waals surface area (Å²) >= 11 is 0. The van der Waals surface area contributed by atoms with E-state index in [0.717, 1.165) is 6.42 Å². The molecule has 0 aromatic rings. The highest BCUT2D eigenvalue weighted by atomic mass is 28.4. The van der Waals surface area contributed by atoms with Crippen molar-refractivity contribution in [3.8, 4) is 0 Å². The SMILES string of the molecule is C=C(C)C(=O)O.CCCOC([SiH3])(O[Si](C)(C)C)C(CO)(OC)O[Si](C)(C)C. The molecule has 0 aliphatic heterocycles. The van der Waals surface area contributed by atoms with Gasteiger partial charge in [0.1, 0.15) is 6.61 Å². The average molecular weight is 441 g/mol. The smallest absolute Gasteiger partial charge is 0.330 e. The molecule has 0 saturated carbocycles. The number of ether oxygens (including phenoxy) is 2. The Morgan fingerprint density at radius 1 is 1.11 bits per heavy atom. The van der Waals surface area contributed by atoms with Crippen molar-refractivity contribution in [3.63, 3.8) is 0 Å². The van der Waals surface area contributed by atoms with Crippen LogP contribution < -0.4 is 0 Å². The number of carboxylic acids is 1. The minimum atomic E-state index is -1.97. The lowest BCUT2D eigenvalue weighted by Gasteiger charge is -2.50. The van der Waals surface area contributed by atoms with E-state index in [-0.39, 0.29) is 12.2 Å². The molecule has 0 rings (SSSR count). The van der Waals surface area contributed by atoms with Gasteiger partial charge in [-0.05, 0) is 52.6 Å². The third kappa shape index (κ3) is 11.3. The molecule has 2 N–H and O–H groups in total. The maximum atomic E-state index is 10.0. The Hall–Kier alpha value is -0.339. The molecule has 0 spiro atoms. The predicted octanol–water partition coefficient (Wildman–Crippen LogP) is 2.12. The first-order valence-corrected chi connectivity index (χ1v) is 16.9. The Balaban J connectivity index is 0. The number of hydrogen-bond acceptors (Lipinski definition) is 6. The van der Waals surface area contributed by atoms with Crippen LogP contribution in [0.2, 0.25) is 39.3 Å². The van der Waals surface area contributed by atoms with E-state index in [4.69, 9.17) is 23.4 Å². The third-order valence-corrected chi connectivity index (χ3v) is 6.76. The number of aliphatic carboxylic acids is 1. The van der Waals surface area contributed by atoms with Crippen molar-refractivity contribution in [1.82, 2.24) is 0 Å². The highest BCUT2D eigenvalue weighted by molar-refractivity contribution is 6.70. The van der Waals surface area contributed by atoms with E-state index in [1.54, 1.807) is 7.11 Å². The van der Waals surface area contributed by atoms with Crippen LogP contribution in [-0.4, -0.2) is 74.6 Å². The summed E-state index contributed by atoms with van der Waals surface area (Å²) in [5, 5.41) is 17.9. The number of carbonyl (C=O) groups is 1. The van der Waals surface area contributed by atoms with Crippen molar-refractivity contribution < 1.29 is 33.3 Å². The Morgan fingerprint density at radius 3 is 1.74 bits per heavy atom. The quantitative estimate of drug-likeness (QED) is 0.289. The van der Waals surface area contributed by atoms with Gasteiger partial charge >= 0.3 is 5.97 Å². The second-order valence-electron chi connectivity index (χ2n) is 8.42. The summed E-state index contributed by atoms with van der Waals surface area (Å²) in [7, 11) is -1.79. The molecule has 0 aromatic heterocycles. The molecular formula is C17H40O7Si3. The molecule has 7 nitrogen and oxygen atoms in total. The molecule has 2 atom stereocenters. The maximum Gasteiger partial charge on any atom is 0.330 e. The molecule has 0 heterocycles. The van der Waals surface area contributed by atoms with Crippen molar-refractivity contribution in [3.05, 3.63) is 12.2 Å². The zero-order chi connectivity index (χ0) is 22.1. The van der Waals surface area contributed by atoms with E-state index in [9.17, 15) is 9.90 Å². The zero-order valence-electron chi connectivity index (χ0n) is 18.8. The standard InChI is InChI=1S/C13H34O5Si3.C4H6O2/c1-9-10-16-13(19,18-21(6,7)8)12(11-14,15-2)17-20(3,4)5;1-3(2)4(5)6/h14H,9-11H2,1-8,19H3;1H2,2H3,(H,5,6). The van der Waals surface area contributed by atoms with Gasteiger partial charge in [0, 0.05) is 19.3 Å². The molecule has 10 heteroatoms. The van der Waals surface area contributed by atoms with Crippen LogP contribution in [0.4, 0.5) is 0 Å². The first-order chi connectivity index (χ1) is 12.0. The van der Waals surface area contributed by atoms with Crippen LogP contribution in [0.5, 0.6) is 0 Å². The zero-order valence-corrected chi connectivity index (χ0v) is 22.8. The van der Waals surface area contributed by atoms with Crippen LogP contribution in [0.1, 0.15) is 20.3 Å². The van der Waals surface area contributed by atoms with E-state index in [2.05, 4.69) is 45.9 Å². The molecule has 0 bridgehead atoms. The predicted molar refractivity (Wildman–Crippen MR) is 117 cm³/mol. The van der Waals surface area contributed by atoms with E-state index in [1.807, 2.05) is 6.92 Å². The summed E-state index contributed by atoms with van der Waals surface area (Å²) in [5.41, 5.74) is -0.827. The van der Waals surface area contributed by atoms with Gasteiger partial charge in [-0.1, -0.05) is 13.5 Å². The van der Waals surface area contributed by atoms with E-state index in [1.165, 1.54) is 6.92 Å². The summed E-state index contributed by atoms with van der Waals surface area (Å²) < 4.78 is 24.2. The van der Waals surface area contributed by atoms with Crippen LogP contribution in [-0.2, 0) is 23.1 Å². The lowest BCUT2D eigenvalue weighted by atomic mass is 10.3. The fourth-order valence-corrected chi connectivity index (χ4v) is 7.57. The van der Waals surface area contributed by atoms with Crippen LogP contribution in [0, 0.1) is 0 Å². The Kier molecular flexibility index (Phi) is 12.4. The molecule has 162 valence electrons. The molecule has 0 amide bonds. The average Bonchev–Trinajstić information content (AvgIpc) is 2.48. The molecule has 0 aromatic carbocycles. The lowest BCUT2D eigenvalue weighted by Crippen LogP contribution is -2.68. The minimum Gasteiger partial charge on any atom is -0.478 e. The summed E-state index contributed by atoms with van der Waals surface area (Å²) in [5.74, 6) is -2.19. The van der Waals surface area contributed by atoms with Crippen LogP contribution in [0.25, 0.3) is 0 Å². The Bertz CT molecular complexity index is 456. The molecule has 0 aliphatic carbocycles. The fourth-order valence-electron chi connectivity index (χ4n) is 2.15. The van der Waals surface area contributed by atoms with Crippen LogP contribution in [0.3, 0.4) is 0 Å². The lowest BCUT2D eigenvalue weighted by molar-refractivity contribution is -0.333. The molecule has 0 radical (unpaired) electrons. The van der Waals surface area contributed by atoms with E-state index < -0.39 is 33.8 Å². The van der Waals surface area contributed by atoms with Gasteiger partial charge in [0.2, 0.25) is 5.79 Å². The van der Waals surface area contributed by atoms with Gasteiger partial charge < -0.3 is 28.5 Å². The van der Waals surface area contributed by atoms with Gasteiger partial charge in [-0.15, -0.1) is 0 Å². The molecule has 0 saturated heterocycles. The topological polar surface area (TPSA) is 94.5 Å². The molecule has 0 fully saturated rings. The van der Waals surface area contributed by atoms with Crippen molar-refractivity contribution in [2.45, 2.75) is 70.7 Å². The minimum absolute atomic E-state index is 0.176. The summed E-state index contributed by atoms with van der Waals surface area (Å²) in [6, 6.07) is 0. The monoisotopic (exact) mass is 440 g/mol. The highest BCUT2D eigenvalue weighted by Gasteiger charge is 2.55. The van der Waals surface area contributed by atoms with E-state index >= 15 is 0 Å².